The first-order valence-corrected chi connectivity index (χ1v) is 12.6. The minimum absolute atomic E-state index is 0.0622. The summed E-state index contributed by atoms with van der Waals surface area (Å²) in [6.45, 7) is 5.77. The highest BCUT2D eigenvalue weighted by Gasteiger charge is 2.25. The van der Waals surface area contributed by atoms with Gasteiger partial charge in [0, 0.05) is 19.6 Å². The topological polar surface area (TPSA) is 60.2 Å². The van der Waals surface area contributed by atoms with Crippen molar-refractivity contribution in [2.24, 2.45) is 0 Å². The Labute approximate surface area is 211 Å². The van der Waals surface area contributed by atoms with Crippen molar-refractivity contribution >= 4 is 17.7 Å². The molecule has 1 amide bonds. The van der Waals surface area contributed by atoms with Crippen LogP contribution in [0.2, 0.25) is 0 Å². The standard InChI is InChI=1S/C28H30N4O2S/c1-4-32-26(24-17-11-12-18-25(24)34-3)29-30-28(32)35-21(2)27(33)31(19-22-13-7-5-8-14-22)20-23-15-9-6-10-16-23/h5-18,21H,4,19-20H2,1-3H3. The quantitative estimate of drug-likeness (QED) is 0.270. The average molecular weight is 487 g/mol. The summed E-state index contributed by atoms with van der Waals surface area (Å²) >= 11 is 1.44. The van der Waals surface area contributed by atoms with E-state index in [9.17, 15) is 4.79 Å². The van der Waals surface area contributed by atoms with Gasteiger partial charge in [-0.25, -0.2) is 0 Å². The van der Waals surface area contributed by atoms with Crippen LogP contribution in [0.15, 0.2) is 90.1 Å². The number of nitrogens with zero attached hydrogens (tertiary/aromatic N) is 4. The summed E-state index contributed by atoms with van der Waals surface area (Å²) in [5.41, 5.74) is 3.08. The van der Waals surface area contributed by atoms with Crippen molar-refractivity contribution < 1.29 is 9.53 Å². The molecular weight excluding hydrogens is 456 g/mol. The fourth-order valence-corrected chi connectivity index (χ4v) is 4.97. The molecular formula is C28H30N4O2S. The average Bonchev–Trinajstić information content (AvgIpc) is 3.31. The summed E-state index contributed by atoms with van der Waals surface area (Å²) < 4.78 is 7.56. The Balaban J connectivity index is 1.56. The maximum atomic E-state index is 13.7. The van der Waals surface area contributed by atoms with E-state index in [1.165, 1.54) is 11.8 Å². The summed E-state index contributed by atoms with van der Waals surface area (Å²) in [7, 11) is 1.65. The predicted molar refractivity (Wildman–Crippen MR) is 140 cm³/mol. The number of methoxy groups -OCH3 is 1. The molecule has 180 valence electrons. The van der Waals surface area contributed by atoms with Crippen LogP contribution in [0.5, 0.6) is 5.75 Å². The third kappa shape index (κ3) is 5.92. The molecule has 0 saturated carbocycles. The second kappa shape index (κ2) is 11.7. The van der Waals surface area contributed by atoms with E-state index in [0.29, 0.717) is 24.8 Å². The zero-order valence-corrected chi connectivity index (χ0v) is 21.1. The van der Waals surface area contributed by atoms with Gasteiger partial charge in [0.05, 0.1) is 17.9 Å². The van der Waals surface area contributed by atoms with E-state index in [-0.39, 0.29) is 11.2 Å². The van der Waals surface area contributed by atoms with E-state index in [1.54, 1.807) is 7.11 Å². The number of amides is 1. The SMILES string of the molecule is CCn1c(SC(C)C(=O)N(Cc2ccccc2)Cc2ccccc2)nnc1-c1ccccc1OC. The van der Waals surface area contributed by atoms with Gasteiger partial charge in [0.1, 0.15) is 5.75 Å². The maximum Gasteiger partial charge on any atom is 0.236 e. The molecule has 3 aromatic carbocycles. The molecule has 4 rings (SSSR count). The third-order valence-electron chi connectivity index (χ3n) is 5.76. The highest BCUT2D eigenvalue weighted by molar-refractivity contribution is 8.00. The number of carbonyl (C=O) groups is 1. The van der Waals surface area contributed by atoms with Crippen molar-refractivity contribution in [1.29, 1.82) is 0 Å². The number of ether oxygens (including phenoxy) is 1. The lowest BCUT2D eigenvalue weighted by Crippen LogP contribution is -2.35. The minimum Gasteiger partial charge on any atom is -0.496 e. The fourth-order valence-electron chi connectivity index (χ4n) is 3.97. The number of thioether (sulfide) groups is 1. The van der Waals surface area contributed by atoms with Crippen LogP contribution < -0.4 is 4.74 Å². The van der Waals surface area contributed by atoms with Gasteiger partial charge in [0.2, 0.25) is 5.91 Å². The number of rotatable bonds is 10. The van der Waals surface area contributed by atoms with E-state index in [2.05, 4.69) is 41.4 Å². The lowest BCUT2D eigenvalue weighted by molar-refractivity contribution is -0.131. The van der Waals surface area contributed by atoms with E-state index in [1.807, 2.05) is 77.1 Å². The van der Waals surface area contributed by atoms with Crippen LogP contribution in [-0.4, -0.2) is 37.9 Å². The maximum absolute atomic E-state index is 13.7. The Hall–Kier alpha value is -3.58. The third-order valence-corrected chi connectivity index (χ3v) is 6.82. The molecule has 0 aliphatic carbocycles. The van der Waals surface area contributed by atoms with Gasteiger partial charge in [0.15, 0.2) is 11.0 Å². The number of para-hydroxylation sites is 1. The van der Waals surface area contributed by atoms with Crippen LogP contribution in [-0.2, 0) is 24.4 Å². The van der Waals surface area contributed by atoms with E-state index >= 15 is 0 Å². The molecule has 0 spiro atoms. The Kier molecular flexibility index (Phi) is 8.21. The smallest absolute Gasteiger partial charge is 0.236 e. The normalized spacial score (nSPS) is 11.7. The number of hydrogen-bond donors (Lipinski definition) is 0. The molecule has 7 heteroatoms. The van der Waals surface area contributed by atoms with E-state index in [0.717, 1.165) is 28.3 Å². The van der Waals surface area contributed by atoms with Crippen molar-refractivity contribution in [3.8, 4) is 17.1 Å². The molecule has 35 heavy (non-hydrogen) atoms. The second-order valence-electron chi connectivity index (χ2n) is 8.18. The van der Waals surface area contributed by atoms with E-state index < -0.39 is 0 Å². The van der Waals surface area contributed by atoms with Crippen LogP contribution in [0.1, 0.15) is 25.0 Å². The zero-order valence-electron chi connectivity index (χ0n) is 20.3. The lowest BCUT2D eigenvalue weighted by Gasteiger charge is -2.26. The monoisotopic (exact) mass is 486 g/mol. The summed E-state index contributed by atoms with van der Waals surface area (Å²) in [5, 5.41) is 9.27. The number of aromatic nitrogens is 3. The molecule has 0 saturated heterocycles. The molecule has 0 aliphatic rings. The van der Waals surface area contributed by atoms with Crippen LogP contribution in [0.25, 0.3) is 11.4 Å². The lowest BCUT2D eigenvalue weighted by atomic mass is 10.1. The Morgan fingerprint density at radius 3 is 2.06 bits per heavy atom. The first-order chi connectivity index (χ1) is 17.1. The van der Waals surface area contributed by atoms with Gasteiger partial charge in [0.25, 0.3) is 0 Å². The van der Waals surface area contributed by atoms with Crippen LogP contribution in [0.3, 0.4) is 0 Å². The molecule has 0 fully saturated rings. The summed E-state index contributed by atoms with van der Waals surface area (Å²) in [6, 6.07) is 28.0. The summed E-state index contributed by atoms with van der Waals surface area (Å²) in [4.78, 5) is 15.6. The van der Waals surface area contributed by atoms with Crippen LogP contribution >= 0.6 is 11.8 Å². The van der Waals surface area contributed by atoms with Gasteiger partial charge in [-0.05, 0) is 37.1 Å². The number of hydrogen-bond acceptors (Lipinski definition) is 5. The molecule has 4 aromatic rings. The van der Waals surface area contributed by atoms with Crippen molar-refractivity contribution in [2.45, 2.75) is 43.9 Å². The van der Waals surface area contributed by atoms with Gasteiger partial charge in [-0.15, -0.1) is 10.2 Å². The molecule has 0 bridgehead atoms. The molecule has 0 radical (unpaired) electrons. The summed E-state index contributed by atoms with van der Waals surface area (Å²) in [5.74, 6) is 1.54. The highest BCUT2D eigenvalue weighted by atomic mass is 32.2. The van der Waals surface area contributed by atoms with Crippen molar-refractivity contribution in [2.75, 3.05) is 7.11 Å². The largest absolute Gasteiger partial charge is 0.496 e. The van der Waals surface area contributed by atoms with Crippen LogP contribution in [0, 0.1) is 0 Å². The number of benzene rings is 3. The van der Waals surface area contributed by atoms with Crippen molar-refractivity contribution in [1.82, 2.24) is 19.7 Å². The van der Waals surface area contributed by atoms with E-state index in [4.69, 9.17) is 4.74 Å². The zero-order chi connectivity index (χ0) is 24.6. The predicted octanol–water partition coefficient (Wildman–Crippen LogP) is 5.68. The first kappa shape index (κ1) is 24.5. The molecule has 1 atom stereocenters. The van der Waals surface area contributed by atoms with Gasteiger partial charge in [-0.3, -0.25) is 4.79 Å². The van der Waals surface area contributed by atoms with Gasteiger partial charge in [-0.2, -0.15) is 0 Å². The Morgan fingerprint density at radius 1 is 0.914 bits per heavy atom. The van der Waals surface area contributed by atoms with Crippen molar-refractivity contribution in [3.05, 3.63) is 96.1 Å². The molecule has 0 aliphatic heterocycles. The minimum atomic E-state index is -0.331. The molecule has 1 aromatic heterocycles. The van der Waals surface area contributed by atoms with Crippen LogP contribution in [0.4, 0.5) is 0 Å². The summed E-state index contributed by atoms with van der Waals surface area (Å²) in [6.07, 6.45) is 0. The molecule has 6 nitrogen and oxygen atoms in total. The number of carbonyl (C=O) groups excluding carboxylic acids is 1. The second-order valence-corrected chi connectivity index (χ2v) is 9.48. The fraction of sp³-hybridized carbons (Fsp3) is 0.250. The Bertz CT molecular complexity index is 1200. The molecule has 0 N–H and O–H groups in total. The highest BCUT2D eigenvalue weighted by Crippen LogP contribution is 2.32. The first-order valence-electron chi connectivity index (χ1n) is 11.7. The molecule has 1 heterocycles. The molecule has 1 unspecified atom stereocenters. The van der Waals surface area contributed by atoms with Gasteiger partial charge >= 0.3 is 0 Å². The van der Waals surface area contributed by atoms with Gasteiger partial charge in [-0.1, -0.05) is 84.6 Å². The van der Waals surface area contributed by atoms with Gasteiger partial charge < -0.3 is 14.2 Å². The Morgan fingerprint density at radius 2 is 1.49 bits per heavy atom. The van der Waals surface area contributed by atoms with Crippen molar-refractivity contribution in [3.63, 3.8) is 0 Å².